The maximum absolute atomic E-state index is 14.8. The molecule has 1 N–H and O–H groups in total. The Morgan fingerprint density at radius 3 is 2.43 bits per heavy atom. The van der Waals surface area contributed by atoms with Gasteiger partial charge in [-0.3, -0.25) is 9.69 Å². The summed E-state index contributed by atoms with van der Waals surface area (Å²) in [5.41, 5.74) is 0.744. The van der Waals surface area contributed by atoms with Crippen LogP contribution in [0.5, 0.6) is 0 Å². The third kappa shape index (κ3) is 4.63. The molecule has 0 aromatic heterocycles. The lowest BCUT2D eigenvalue weighted by Crippen LogP contribution is -2.50. The smallest absolute Gasteiger partial charge is 0.251 e. The lowest BCUT2D eigenvalue weighted by Gasteiger charge is -2.35. The van der Waals surface area contributed by atoms with Crippen LogP contribution in [-0.2, 0) is 9.84 Å². The van der Waals surface area contributed by atoms with Gasteiger partial charge in [-0.15, -0.1) is 0 Å². The molecule has 9 heteroatoms. The van der Waals surface area contributed by atoms with E-state index in [4.69, 9.17) is 0 Å². The van der Waals surface area contributed by atoms with Gasteiger partial charge in [0.05, 0.1) is 23.2 Å². The van der Waals surface area contributed by atoms with Gasteiger partial charge >= 0.3 is 0 Å². The summed E-state index contributed by atoms with van der Waals surface area (Å²) >= 11 is 0. The molecule has 0 saturated carbocycles. The number of anilines is 1. The molecule has 1 aromatic rings. The third-order valence-electron chi connectivity index (χ3n) is 6.62. The summed E-state index contributed by atoms with van der Waals surface area (Å²) in [6.45, 7) is 8.14. The van der Waals surface area contributed by atoms with E-state index in [0.717, 1.165) is 58.7 Å². The Balaban J connectivity index is 1.43. The normalized spacial score (nSPS) is 27.5. The number of nitrogens with zero attached hydrogens (tertiary/aromatic N) is 3. The van der Waals surface area contributed by atoms with Crippen LogP contribution in [0.2, 0.25) is 0 Å². The van der Waals surface area contributed by atoms with Gasteiger partial charge in [0.2, 0.25) is 0 Å². The molecule has 4 rings (SSSR count). The van der Waals surface area contributed by atoms with Gasteiger partial charge in [-0.05, 0) is 50.7 Å². The van der Waals surface area contributed by atoms with Crippen molar-refractivity contribution in [3.63, 3.8) is 0 Å². The number of rotatable bonds is 5. The summed E-state index contributed by atoms with van der Waals surface area (Å²) in [7, 11) is -3.19. The third-order valence-corrected chi connectivity index (χ3v) is 8.34. The number of benzene rings is 1. The standard InChI is InChI=1S/C21H31FN4O3S/c1-2-24-9-11-26(12-10-24)19-6-5-16(13-17(19)22)21(27)23-18-14-30(28,29)15-20(18)25-7-3-4-8-25/h5-6,13,18,20H,2-4,7-12,14-15H2,1H3,(H,23,27). The molecular formula is C21H31FN4O3S. The van der Waals surface area contributed by atoms with Crippen molar-refractivity contribution in [1.29, 1.82) is 0 Å². The van der Waals surface area contributed by atoms with Gasteiger partial charge in [0.1, 0.15) is 5.82 Å². The highest BCUT2D eigenvalue weighted by Crippen LogP contribution is 2.25. The number of amides is 1. The molecule has 0 spiro atoms. The first kappa shape index (κ1) is 21.5. The van der Waals surface area contributed by atoms with Gasteiger partial charge in [-0.25, -0.2) is 12.8 Å². The molecule has 1 aromatic carbocycles. The fourth-order valence-corrected chi connectivity index (χ4v) is 6.81. The molecule has 3 heterocycles. The van der Waals surface area contributed by atoms with Gasteiger partial charge in [0, 0.05) is 37.8 Å². The van der Waals surface area contributed by atoms with Crippen LogP contribution in [0.1, 0.15) is 30.1 Å². The lowest BCUT2D eigenvalue weighted by molar-refractivity contribution is 0.0918. The highest BCUT2D eigenvalue weighted by atomic mass is 32.2. The lowest BCUT2D eigenvalue weighted by atomic mass is 10.1. The predicted molar refractivity (Wildman–Crippen MR) is 115 cm³/mol. The molecule has 3 aliphatic heterocycles. The van der Waals surface area contributed by atoms with E-state index >= 15 is 0 Å². The van der Waals surface area contributed by atoms with Crippen molar-refractivity contribution >= 4 is 21.4 Å². The van der Waals surface area contributed by atoms with Crippen LogP contribution in [-0.4, -0.2) is 93.5 Å². The molecule has 1 amide bonds. The second kappa shape index (κ2) is 8.80. The molecule has 3 aliphatic rings. The minimum atomic E-state index is -3.19. The average molecular weight is 439 g/mol. The quantitative estimate of drug-likeness (QED) is 0.738. The largest absolute Gasteiger partial charge is 0.367 e. The summed E-state index contributed by atoms with van der Waals surface area (Å²) in [4.78, 5) is 19.3. The SMILES string of the molecule is CCN1CCN(c2ccc(C(=O)NC3CS(=O)(=O)CC3N3CCCC3)cc2F)CC1. The Hall–Kier alpha value is -1.71. The average Bonchev–Trinajstić information content (AvgIpc) is 3.35. The van der Waals surface area contributed by atoms with Crippen LogP contribution in [0, 0.1) is 5.82 Å². The van der Waals surface area contributed by atoms with Crippen LogP contribution in [0.4, 0.5) is 10.1 Å². The Kier molecular flexibility index (Phi) is 6.31. The maximum Gasteiger partial charge on any atom is 0.251 e. The first-order chi connectivity index (χ1) is 14.4. The van der Waals surface area contributed by atoms with Crippen LogP contribution < -0.4 is 10.2 Å². The molecule has 30 heavy (non-hydrogen) atoms. The summed E-state index contributed by atoms with van der Waals surface area (Å²) in [5.74, 6) is -0.803. The Morgan fingerprint density at radius 1 is 1.10 bits per heavy atom. The molecular weight excluding hydrogens is 407 g/mol. The number of nitrogens with one attached hydrogen (secondary N) is 1. The number of piperazine rings is 1. The highest BCUT2D eigenvalue weighted by molar-refractivity contribution is 7.91. The molecule has 166 valence electrons. The maximum atomic E-state index is 14.8. The van der Waals surface area contributed by atoms with Gasteiger partial charge < -0.3 is 15.1 Å². The number of hydrogen-bond acceptors (Lipinski definition) is 6. The molecule has 0 aliphatic carbocycles. The Morgan fingerprint density at radius 2 is 1.80 bits per heavy atom. The van der Waals surface area contributed by atoms with Crippen molar-refractivity contribution < 1.29 is 17.6 Å². The van der Waals surface area contributed by atoms with Crippen molar-refractivity contribution in [2.24, 2.45) is 0 Å². The van der Waals surface area contributed by atoms with E-state index in [1.54, 1.807) is 12.1 Å². The molecule has 3 saturated heterocycles. The van der Waals surface area contributed by atoms with E-state index in [1.807, 2.05) is 4.90 Å². The monoisotopic (exact) mass is 438 g/mol. The van der Waals surface area contributed by atoms with Gasteiger partial charge in [-0.1, -0.05) is 6.92 Å². The zero-order valence-electron chi connectivity index (χ0n) is 17.5. The minimum Gasteiger partial charge on any atom is -0.367 e. The summed E-state index contributed by atoms with van der Waals surface area (Å²) in [5, 5.41) is 2.87. The second-order valence-corrected chi connectivity index (χ2v) is 10.7. The molecule has 7 nitrogen and oxygen atoms in total. The highest BCUT2D eigenvalue weighted by Gasteiger charge is 2.42. The van der Waals surface area contributed by atoms with Gasteiger partial charge in [0.15, 0.2) is 9.84 Å². The molecule has 2 unspecified atom stereocenters. The summed E-state index contributed by atoms with van der Waals surface area (Å²) in [6, 6.07) is 3.92. The fraction of sp³-hybridized carbons (Fsp3) is 0.667. The zero-order chi connectivity index (χ0) is 21.3. The molecule has 3 fully saturated rings. The molecule has 0 radical (unpaired) electrons. The van der Waals surface area contributed by atoms with Crippen LogP contribution >= 0.6 is 0 Å². The number of carbonyl (C=O) groups is 1. The summed E-state index contributed by atoms with van der Waals surface area (Å²) < 4.78 is 39.2. The van der Waals surface area contributed by atoms with Gasteiger partial charge in [0.25, 0.3) is 5.91 Å². The van der Waals surface area contributed by atoms with Crippen molar-refractivity contribution in [2.75, 3.05) is 62.2 Å². The summed E-state index contributed by atoms with van der Waals surface area (Å²) in [6.07, 6.45) is 2.10. The minimum absolute atomic E-state index is 0.0534. The number of likely N-dealkylation sites (tertiary alicyclic amines) is 1. The van der Waals surface area contributed by atoms with E-state index in [1.165, 1.54) is 6.07 Å². The number of sulfone groups is 1. The van der Waals surface area contributed by atoms with E-state index < -0.39 is 27.6 Å². The zero-order valence-corrected chi connectivity index (χ0v) is 18.3. The van der Waals surface area contributed by atoms with E-state index in [0.29, 0.717) is 5.69 Å². The van der Waals surface area contributed by atoms with Crippen LogP contribution in [0.3, 0.4) is 0 Å². The number of halogens is 1. The topological polar surface area (TPSA) is 73.0 Å². The van der Waals surface area contributed by atoms with E-state index in [2.05, 4.69) is 22.0 Å². The molecule has 2 atom stereocenters. The number of carbonyl (C=O) groups excluding carboxylic acids is 1. The van der Waals surface area contributed by atoms with Crippen molar-refractivity contribution in [3.8, 4) is 0 Å². The van der Waals surface area contributed by atoms with E-state index in [-0.39, 0.29) is 23.1 Å². The van der Waals surface area contributed by atoms with Crippen LogP contribution in [0.25, 0.3) is 0 Å². The second-order valence-electron chi connectivity index (χ2n) is 8.55. The first-order valence-corrected chi connectivity index (χ1v) is 12.7. The van der Waals surface area contributed by atoms with Gasteiger partial charge in [-0.2, -0.15) is 0 Å². The number of hydrogen-bond donors (Lipinski definition) is 1. The Labute approximate surface area is 178 Å². The Bertz CT molecular complexity index is 880. The van der Waals surface area contributed by atoms with Crippen molar-refractivity contribution in [3.05, 3.63) is 29.6 Å². The first-order valence-electron chi connectivity index (χ1n) is 10.9. The van der Waals surface area contributed by atoms with Crippen LogP contribution in [0.15, 0.2) is 18.2 Å². The van der Waals surface area contributed by atoms with E-state index in [9.17, 15) is 17.6 Å². The predicted octanol–water partition coefficient (Wildman–Crippen LogP) is 0.959. The number of likely N-dealkylation sites (N-methyl/N-ethyl adjacent to an activating group) is 1. The molecule has 0 bridgehead atoms. The van der Waals surface area contributed by atoms with Crippen molar-refractivity contribution in [2.45, 2.75) is 31.8 Å². The van der Waals surface area contributed by atoms with Crippen molar-refractivity contribution in [1.82, 2.24) is 15.1 Å². The fourth-order valence-electron chi connectivity index (χ4n) is 4.86.